The predicted molar refractivity (Wildman–Crippen MR) is 86.6 cm³/mol. The van der Waals surface area contributed by atoms with Crippen molar-refractivity contribution in [3.63, 3.8) is 0 Å². The lowest BCUT2D eigenvalue weighted by Crippen LogP contribution is -2.35. The van der Waals surface area contributed by atoms with E-state index < -0.39 is 0 Å². The largest absolute Gasteiger partial charge is 0.462 e. The van der Waals surface area contributed by atoms with Crippen molar-refractivity contribution in [3.05, 3.63) is 29.8 Å². The Labute approximate surface area is 128 Å². The van der Waals surface area contributed by atoms with Crippen LogP contribution < -0.4 is 5.32 Å². The summed E-state index contributed by atoms with van der Waals surface area (Å²) in [6.45, 7) is 6.83. The second-order valence-electron chi connectivity index (χ2n) is 6.21. The Balaban J connectivity index is 2.16. The molecule has 0 radical (unpaired) electrons. The van der Waals surface area contributed by atoms with Gasteiger partial charge in [0.2, 0.25) is 0 Å². The maximum atomic E-state index is 12.1. The molecular weight excluding hydrogens is 262 g/mol. The van der Waals surface area contributed by atoms with E-state index in [2.05, 4.69) is 19.2 Å². The van der Waals surface area contributed by atoms with Crippen LogP contribution >= 0.6 is 0 Å². The maximum absolute atomic E-state index is 12.1. The fourth-order valence-corrected chi connectivity index (χ4v) is 3.33. The van der Waals surface area contributed by atoms with E-state index in [4.69, 9.17) is 4.74 Å². The molecule has 2 rings (SSSR count). The van der Waals surface area contributed by atoms with E-state index in [0.717, 1.165) is 5.69 Å². The zero-order valence-corrected chi connectivity index (χ0v) is 13.4. The minimum atomic E-state index is -0.238. The van der Waals surface area contributed by atoms with Crippen molar-refractivity contribution in [1.29, 1.82) is 0 Å². The van der Waals surface area contributed by atoms with Gasteiger partial charge in [-0.2, -0.15) is 0 Å². The highest BCUT2D eigenvalue weighted by molar-refractivity contribution is 5.95. The molecule has 1 aliphatic carbocycles. The van der Waals surface area contributed by atoms with Gasteiger partial charge in [0.1, 0.15) is 0 Å². The zero-order valence-electron chi connectivity index (χ0n) is 13.4. The molecule has 2 atom stereocenters. The van der Waals surface area contributed by atoms with E-state index >= 15 is 0 Å². The Morgan fingerprint density at radius 3 is 2.71 bits per heavy atom. The van der Waals surface area contributed by atoms with Gasteiger partial charge in [0.15, 0.2) is 0 Å². The molecule has 3 nitrogen and oxygen atoms in total. The zero-order chi connectivity index (χ0) is 15.2. The number of benzene rings is 1. The van der Waals surface area contributed by atoms with Gasteiger partial charge in [0.05, 0.1) is 12.2 Å². The molecule has 1 N–H and O–H groups in total. The van der Waals surface area contributed by atoms with Crippen LogP contribution in [0.5, 0.6) is 0 Å². The van der Waals surface area contributed by atoms with E-state index in [9.17, 15) is 4.79 Å². The molecule has 21 heavy (non-hydrogen) atoms. The number of hydrogen-bond donors (Lipinski definition) is 1. The normalized spacial score (nSPS) is 22.1. The van der Waals surface area contributed by atoms with E-state index in [1.54, 1.807) is 0 Å². The summed E-state index contributed by atoms with van der Waals surface area (Å²) in [4.78, 5) is 12.1. The average Bonchev–Trinajstić information content (AvgIpc) is 2.48. The highest BCUT2D eigenvalue weighted by Gasteiger charge is 2.28. The molecule has 0 spiro atoms. The van der Waals surface area contributed by atoms with Gasteiger partial charge in [0.25, 0.3) is 0 Å². The van der Waals surface area contributed by atoms with Crippen molar-refractivity contribution in [1.82, 2.24) is 0 Å². The number of ether oxygens (including phenoxy) is 1. The lowest BCUT2D eigenvalue weighted by molar-refractivity contribution is 0.0527. The van der Waals surface area contributed by atoms with Crippen LogP contribution in [0.4, 0.5) is 5.69 Å². The van der Waals surface area contributed by atoms with Gasteiger partial charge < -0.3 is 10.1 Å². The molecule has 0 saturated heterocycles. The molecule has 1 saturated carbocycles. The molecule has 0 amide bonds. The molecule has 3 heteroatoms. The lowest BCUT2D eigenvalue weighted by Gasteiger charge is -2.35. The quantitative estimate of drug-likeness (QED) is 0.812. The van der Waals surface area contributed by atoms with Crippen LogP contribution in [0, 0.1) is 11.8 Å². The summed E-state index contributed by atoms with van der Waals surface area (Å²) >= 11 is 0. The third kappa shape index (κ3) is 3.99. The second-order valence-corrected chi connectivity index (χ2v) is 6.21. The number of carbonyl (C=O) groups excluding carboxylic acids is 1. The maximum Gasteiger partial charge on any atom is 0.340 e. The van der Waals surface area contributed by atoms with E-state index in [1.807, 2.05) is 31.2 Å². The molecule has 1 aliphatic rings. The molecule has 0 bridgehead atoms. The molecule has 1 aromatic carbocycles. The Bertz CT molecular complexity index is 470. The molecule has 0 heterocycles. The number of carbonyl (C=O) groups is 1. The van der Waals surface area contributed by atoms with Gasteiger partial charge in [-0.15, -0.1) is 0 Å². The van der Waals surface area contributed by atoms with Crippen LogP contribution in [0.2, 0.25) is 0 Å². The Kier molecular flexibility index (Phi) is 5.66. The number of nitrogens with one attached hydrogen (secondary N) is 1. The van der Waals surface area contributed by atoms with Crippen molar-refractivity contribution in [3.8, 4) is 0 Å². The van der Waals surface area contributed by atoms with Gasteiger partial charge in [-0.1, -0.05) is 38.8 Å². The third-order valence-corrected chi connectivity index (χ3v) is 4.44. The van der Waals surface area contributed by atoms with Gasteiger partial charge in [-0.3, -0.25) is 0 Å². The van der Waals surface area contributed by atoms with Crippen molar-refractivity contribution in [2.75, 3.05) is 11.9 Å². The molecule has 0 aliphatic heterocycles. The van der Waals surface area contributed by atoms with E-state index in [-0.39, 0.29) is 5.97 Å². The van der Waals surface area contributed by atoms with Crippen molar-refractivity contribution >= 4 is 11.7 Å². The standard InChI is InChI=1S/C18H27NO2/c1-4-21-18(20)15-10-6-8-12-17(15)19-16-11-7-5-9-14(16)13(2)3/h6,8,10,12-14,16,19H,4-5,7,9,11H2,1-3H3. The van der Waals surface area contributed by atoms with Crippen LogP contribution in [-0.4, -0.2) is 18.6 Å². The van der Waals surface area contributed by atoms with E-state index in [0.29, 0.717) is 30.0 Å². The second kappa shape index (κ2) is 7.48. The Hall–Kier alpha value is -1.51. The van der Waals surface area contributed by atoms with Crippen molar-refractivity contribution < 1.29 is 9.53 Å². The Morgan fingerprint density at radius 1 is 1.29 bits per heavy atom. The van der Waals surface area contributed by atoms with Gasteiger partial charge >= 0.3 is 5.97 Å². The Morgan fingerprint density at radius 2 is 2.00 bits per heavy atom. The number of esters is 1. The highest BCUT2D eigenvalue weighted by atomic mass is 16.5. The molecule has 0 aromatic heterocycles. The van der Waals surface area contributed by atoms with Crippen molar-refractivity contribution in [2.24, 2.45) is 11.8 Å². The van der Waals surface area contributed by atoms with Gasteiger partial charge in [0, 0.05) is 11.7 Å². The van der Waals surface area contributed by atoms with Gasteiger partial charge in [-0.25, -0.2) is 4.79 Å². The minimum absolute atomic E-state index is 0.238. The van der Waals surface area contributed by atoms with Crippen LogP contribution in [0.15, 0.2) is 24.3 Å². The van der Waals surface area contributed by atoms with Crippen molar-refractivity contribution in [2.45, 2.75) is 52.5 Å². The fraction of sp³-hybridized carbons (Fsp3) is 0.611. The number of rotatable bonds is 5. The summed E-state index contributed by atoms with van der Waals surface area (Å²) in [5.74, 6) is 1.10. The number of hydrogen-bond acceptors (Lipinski definition) is 3. The first kappa shape index (κ1) is 15.9. The van der Waals surface area contributed by atoms with Crippen LogP contribution in [-0.2, 0) is 4.74 Å². The van der Waals surface area contributed by atoms with Gasteiger partial charge in [-0.05, 0) is 43.7 Å². The third-order valence-electron chi connectivity index (χ3n) is 4.44. The summed E-state index contributed by atoms with van der Waals surface area (Å²) in [5.41, 5.74) is 1.56. The van der Waals surface area contributed by atoms with Crippen LogP contribution in [0.25, 0.3) is 0 Å². The monoisotopic (exact) mass is 289 g/mol. The molecule has 2 unspecified atom stereocenters. The summed E-state index contributed by atoms with van der Waals surface area (Å²) in [6.07, 6.45) is 5.04. The first-order valence-corrected chi connectivity index (χ1v) is 8.16. The summed E-state index contributed by atoms with van der Waals surface area (Å²) in [7, 11) is 0. The SMILES string of the molecule is CCOC(=O)c1ccccc1NC1CCCCC1C(C)C. The summed E-state index contributed by atoms with van der Waals surface area (Å²) < 4.78 is 5.15. The van der Waals surface area contributed by atoms with Crippen LogP contribution in [0.3, 0.4) is 0 Å². The predicted octanol–water partition coefficient (Wildman–Crippen LogP) is 4.49. The van der Waals surface area contributed by atoms with Crippen LogP contribution in [0.1, 0.15) is 56.8 Å². The number of para-hydroxylation sites is 1. The minimum Gasteiger partial charge on any atom is -0.462 e. The first-order chi connectivity index (χ1) is 10.1. The molecule has 116 valence electrons. The summed E-state index contributed by atoms with van der Waals surface area (Å²) in [5, 5.41) is 3.62. The fourth-order valence-electron chi connectivity index (χ4n) is 3.33. The van der Waals surface area contributed by atoms with E-state index in [1.165, 1.54) is 25.7 Å². The smallest absolute Gasteiger partial charge is 0.340 e. The topological polar surface area (TPSA) is 38.3 Å². The highest BCUT2D eigenvalue weighted by Crippen LogP contribution is 2.33. The molecular formula is C18H27NO2. The molecule has 1 aromatic rings. The lowest BCUT2D eigenvalue weighted by atomic mass is 9.77. The summed E-state index contributed by atoms with van der Waals surface area (Å²) in [6, 6.07) is 8.14. The molecule has 1 fully saturated rings. The average molecular weight is 289 g/mol. The number of anilines is 1. The first-order valence-electron chi connectivity index (χ1n) is 8.16.